The highest BCUT2D eigenvalue weighted by molar-refractivity contribution is 7.91. The van der Waals surface area contributed by atoms with E-state index in [4.69, 9.17) is 19.8 Å². The molecule has 5 rings (SSSR count). The first-order chi connectivity index (χ1) is 16.8. The maximum atomic E-state index is 11.9. The smallest absolute Gasteiger partial charge is 0.268 e. The van der Waals surface area contributed by atoms with Gasteiger partial charge in [-0.1, -0.05) is 24.6 Å². The van der Waals surface area contributed by atoms with Crippen molar-refractivity contribution >= 4 is 21.5 Å². The van der Waals surface area contributed by atoms with Crippen LogP contribution >= 0.6 is 0 Å². The van der Waals surface area contributed by atoms with E-state index in [1.165, 1.54) is 6.26 Å². The van der Waals surface area contributed by atoms with E-state index in [1.807, 2.05) is 40.6 Å². The highest BCUT2D eigenvalue weighted by Gasteiger charge is 2.29. The summed E-state index contributed by atoms with van der Waals surface area (Å²) in [6, 6.07) is -0.00279. The normalized spacial score (nSPS) is 26.1. The number of rotatable bonds is 5. The number of aryl methyl sites for hydroxylation is 2. The van der Waals surface area contributed by atoms with Gasteiger partial charge in [0.15, 0.2) is 9.84 Å². The van der Waals surface area contributed by atoms with Crippen molar-refractivity contribution in [2.75, 3.05) is 13.4 Å². The molecule has 0 aromatic carbocycles. The lowest BCUT2D eigenvalue weighted by atomic mass is 9.89. The molecular formula is C24H31N7O3S. The molecule has 3 atom stereocenters. The first-order valence-electron chi connectivity index (χ1n) is 12.0. The standard InChI is InChI=1S/C24H31N7O3S/c1-16-25-15-31(28-16)21-12-9-18(14-22(21)34-2)26-24-27-23-20(6-4-5-13-30(23)29-24)17-7-10-19(11-8-17)35(3,32)33/h7-8,10,14-15,19-21H,4-6,9,11-13H2,1-3H3. The van der Waals surface area contributed by atoms with Gasteiger partial charge in [-0.15, -0.1) is 5.10 Å². The number of allylic oxidation sites excluding steroid dienone is 5. The van der Waals surface area contributed by atoms with Crippen molar-refractivity contribution in [1.82, 2.24) is 29.5 Å². The minimum atomic E-state index is -3.09. The molecule has 35 heavy (non-hydrogen) atoms. The Labute approximate surface area is 205 Å². The predicted octanol–water partition coefficient (Wildman–Crippen LogP) is 3.38. The van der Waals surface area contributed by atoms with Crippen LogP contribution in [0.15, 0.2) is 47.0 Å². The van der Waals surface area contributed by atoms with Crippen LogP contribution in [0.4, 0.5) is 5.95 Å². The molecule has 1 aliphatic heterocycles. The van der Waals surface area contributed by atoms with E-state index in [0.717, 1.165) is 67.3 Å². The number of ether oxygens (including phenoxy) is 1. The second kappa shape index (κ2) is 9.52. The zero-order chi connectivity index (χ0) is 24.6. The molecule has 3 unspecified atom stereocenters. The molecule has 186 valence electrons. The van der Waals surface area contributed by atoms with Gasteiger partial charge in [-0.05, 0) is 50.7 Å². The average Bonchev–Trinajstić information content (AvgIpc) is 3.39. The fourth-order valence-electron chi connectivity index (χ4n) is 5.00. The zero-order valence-electron chi connectivity index (χ0n) is 20.3. The highest BCUT2D eigenvalue weighted by Crippen LogP contribution is 2.36. The molecule has 10 nitrogen and oxygen atoms in total. The number of sulfone groups is 1. The summed E-state index contributed by atoms with van der Waals surface area (Å²) in [5, 5.41) is 8.70. The number of fused-ring (bicyclic) bond motifs is 1. The van der Waals surface area contributed by atoms with Crippen LogP contribution in [-0.4, -0.2) is 62.3 Å². The van der Waals surface area contributed by atoms with Crippen LogP contribution in [0.5, 0.6) is 0 Å². The number of nitrogens with zero attached hydrogens (tertiary/aromatic N) is 7. The largest absolute Gasteiger partial charge is 0.499 e. The van der Waals surface area contributed by atoms with Crippen LogP contribution in [0.1, 0.15) is 62.1 Å². The minimum absolute atomic E-state index is 0.00279. The van der Waals surface area contributed by atoms with Crippen LogP contribution in [0.25, 0.3) is 0 Å². The van der Waals surface area contributed by atoms with Gasteiger partial charge in [-0.3, -0.25) is 0 Å². The first-order valence-corrected chi connectivity index (χ1v) is 14.0. The summed E-state index contributed by atoms with van der Waals surface area (Å²) in [5.41, 5.74) is 1.99. The average molecular weight is 498 g/mol. The number of methoxy groups -OCH3 is 1. The van der Waals surface area contributed by atoms with E-state index in [-0.39, 0.29) is 12.0 Å². The molecule has 2 aliphatic carbocycles. The second-order valence-corrected chi connectivity index (χ2v) is 11.7. The van der Waals surface area contributed by atoms with Crippen molar-refractivity contribution in [2.24, 2.45) is 4.99 Å². The van der Waals surface area contributed by atoms with Crippen molar-refractivity contribution in [3.63, 3.8) is 0 Å². The zero-order valence-corrected chi connectivity index (χ0v) is 21.1. The Morgan fingerprint density at radius 2 is 2.06 bits per heavy atom. The molecule has 0 fully saturated rings. The van der Waals surface area contributed by atoms with Gasteiger partial charge in [0.25, 0.3) is 5.95 Å². The van der Waals surface area contributed by atoms with E-state index in [9.17, 15) is 8.42 Å². The Balaban J connectivity index is 1.40. The Morgan fingerprint density at radius 1 is 1.20 bits per heavy atom. The summed E-state index contributed by atoms with van der Waals surface area (Å²) >= 11 is 0. The number of hydrogen-bond acceptors (Lipinski definition) is 8. The fourth-order valence-corrected chi connectivity index (χ4v) is 5.81. The van der Waals surface area contributed by atoms with E-state index in [2.05, 4.69) is 10.1 Å². The van der Waals surface area contributed by atoms with Crippen molar-refractivity contribution in [1.29, 1.82) is 0 Å². The fraction of sp³-hybridized carbons (Fsp3) is 0.542. The van der Waals surface area contributed by atoms with Gasteiger partial charge in [0.05, 0.1) is 12.4 Å². The van der Waals surface area contributed by atoms with E-state index >= 15 is 0 Å². The summed E-state index contributed by atoms with van der Waals surface area (Å²) in [5.74, 6) is 2.97. The van der Waals surface area contributed by atoms with Gasteiger partial charge in [0, 0.05) is 24.4 Å². The molecule has 2 aromatic heterocycles. The number of aromatic nitrogens is 6. The minimum Gasteiger partial charge on any atom is -0.499 e. The Kier molecular flexibility index (Phi) is 6.43. The third-order valence-electron chi connectivity index (χ3n) is 6.89. The van der Waals surface area contributed by atoms with E-state index < -0.39 is 15.1 Å². The first kappa shape index (κ1) is 23.7. The van der Waals surface area contributed by atoms with Crippen LogP contribution in [0.2, 0.25) is 0 Å². The van der Waals surface area contributed by atoms with Gasteiger partial charge >= 0.3 is 0 Å². The monoisotopic (exact) mass is 497 g/mol. The Hall–Kier alpha value is -3.08. The Bertz CT molecular complexity index is 1330. The summed E-state index contributed by atoms with van der Waals surface area (Å²) in [6.07, 6.45) is 15.9. The predicted molar refractivity (Wildman–Crippen MR) is 132 cm³/mol. The lowest BCUT2D eigenvalue weighted by Gasteiger charge is -2.23. The topological polar surface area (TPSA) is 117 Å². The molecule has 0 bridgehead atoms. The van der Waals surface area contributed by atoms with E-state index in [1.54, 1.807) is 13.4 Å². The number of hydrogen-bond donors (Lipinski definition) is 0. The van der Waals surface area contributed by atoms with Crippen molar-refractivity contribution in [3.05, 3.63) is 53.6 Å². The maximum Gasteiger partial charge on any atom is 0.268 e. The Morgan fingerprint density at radius 3 is 2.74 bits per heavy atom. The third kappa shape index (κ3) is 5.00. The van der Waals surface area contributed by atoms with Gasteiger partial charge in [0.2, 0.25) is 0 Å². The quantitative estimate of drug-likeness (QED) is 0.621. The highest BCUT2D eigenvalue weighted by atomic mass is 32.2. The summed E-state index contributed by atoms with van der Waals surface area (Å²) in [6.45, 7) is 2.67. The van der Waals surface area contributed by atoms with Crippen LogP contribution in [0, 0.1) is 6.92 Å². The second-order valence-electron chi connectivity index (χ2n) is 9.39. The molecule has 2 aromatic rings. The van der Waals surface area contributed by atoms with Gasteiger partial charge < -0.3 is 4.74 Å². The molecule has 0 radical (unpaired) electrons. The molecule has 0 saturated carbocycles. The summed E-state index contributed by atoms with van der Waals surface area (Å²) in [4.78, 5) is 13.8. The third-order valence-corrected chi connectivity index (χ3v) is 8.34. The SMILES string of the molecule is COC1=CC(=Nc2nc3n(n2)CCCCC3C2=CCC(S(C)(=O)=O)C=C2)CCC1n1cnc(C)n1. The molecule has 0 spiro atoms. The maximum absolute atomic E-state index is 11.9. The van der Waals surface area contributed by atoms with Gasteiger partial charge in [0.1, 0.15) is 29.8 Å². The molecule has 3 heterocycles. The molecule has 11 heteroatoms. The summed E-state index contributed by atoms with van der Waals surface area (Å²) in [7, 11) is -1.43. The summed E-state index contributed by atoms with van der Waals surface area (Å²) < 4.78 is 33.3. The van der Waals surface area contributed by atoms with Crippen LogP contribution in [0.3, 0.4) is 0 Å². The molecule has 0 amide bonds. The molecular weight excluding hydrogens is 466 g/mol. The van der Waals surface area contributed by atoms with Crippen molar-refractivity contribution in [3.8, 4) is 0 Å². The van der Waals surface area contributed by atoms with Gasteiger partial charge in [-0.25, -0.2) is 27.8 Å². The van der Waals surface area contributed by atoms with Crippen molar-refractivity contribution < 1.29 is 13.2 Å². The molecule has 0 N–H and O–H groups in total. The molecule has 0 saturated heterocycles. The number of aliphatic imine (C=N–C) groups is 1. The van der Waals surface area contributed by atoms with Crippen LogP contribution in [-0.2, 0) is 21.1 Å². The van der Waals surface area contributed by atoms with Gasteiger partial charge in [-0.2, -0.15) is 10.1 Å². The molecule has 3 aliphatic rings. The van der Waals surface area contributed by atoms with Crippen molar-refractivity contribution in [2.45, 2.75) is 69.2 Å². The lowest BCUT2D eigenvalue weighted by Crippen LogP contribution is -2.20. The van der Waals surface area contributed by atoms with Crippen LogP contribution < -0.4 is 0 Å². The van der Waals surface area contributed by atoms with E-state index in [0.29, 0.717) is 12.4 Å². The lowest BCUT2D eigenvalue weighted by molar-refractivity contribution is 0.227.